The standard InChI is InChI=1S/C16H20N2O6S/c1-11-9-17(7-8-23-11)15(19)10-24-16(20)12(2)25-14-5-3-13(4-6-14)18(21)22/h3-6,11-12H,7-10H2,1-2H3. The molecule has 1 aromatic rings. The molecule has 0 radical (unpaired) electrons. The van der Waals surface area contributed by atoms with E-state index in [4.69, 9.17) is 9.47 Å². The number of nitrogens with zero attached hydrogens (tertiary/aromatic N) is 2. The summed E-state index contributed by atoms with van der Waals surface area (Å²) in [6.07, 6.45) is -0.0231. The molecule has 0 saturated carbocycles. The van der Waals surface area contributed by atoms with Gasteiger partial charge in [0.1, 0.15) is 5.25 Å². The fraction of sp³-hybridized carbons (Fsp3) is 0.500. The second-order valence-corrected chi connectivity index (χ2v) is 7.05. The van der Waals surface area contributed by atoms with Crippen LogP contribution in [-0.4, -0.2) is 59.4 Å². The van der Waals surface area contributed by atoms with Gasteiger partial charge in [0.25, 0.3) is 11.6 Å². The summed E-state index contributed by atoms with van der Waals surface area (Å²) < 4.78 is 10.5. The van der Waals surface area contributed by atoms with E-state index in [2.05, 4.69) is 0 Å². The molecular formula is C16H20N2O6S. The largest absolute Gasteiger partial charge is 0.455 e. The van der Waals surface area contributed by atoms with E-state index in [9.17, 15) is 19.7 Å². The normalized spacial score (nSPS) is 18.5. The van der Waals surface area contributed by atoms with Crippen LogP contribution in [0.3, 0.4) is 0 Å². The number of thioether (sulfide) groups is 1. The van der Waals surface area contributed by atoms with Crippen LogP contribution in [0.25, 0.3) is 0 Å². The number of hydrogen-bond acceptors (Lipinski definition) is 7. The van der Waals surface area contributed by atoms with Crippen molar-refractivity contribution in [2.75, 3.05) is 26.3 Å². The monoisotopic (exact) mass is 368 g/mol. The van der Waals surface area contributed by atoms with Crippen molar-refractivity contribution in [1.82, 2.24) is 4.90 Å². The predicted molar refractivity (Wildman–Crippen MR) is 91.4 cm³/mol. The van der Waals surface area contributed by atoms with Crippen LogP contribution in [0, 0.1) is 10.1 Å². The minimum Gasteiger partial charge on any atom is -0.455 e. The molecule has 1 aromatic carbocycles. The van der Waals surface area contributed by atoms with Crippen molar-refractivity contribution >= 4 is 29.3 Å². The van der Waals surface area contributed by atoms with Gasteiger partial charge in [0.15, 0.2) is 6.61 Å². The first-order chi connectivity index (χ1) is 11.9. The lowest BCUT2D eigenvalue weighted by molar-refractivity contribution is -0.384. The minimum atomic E-state index is -0.530. The summed E-state index contributed by atoms with van der Waals surface area (Å²) in [6, 6.07) is 5.91. The SMILES string of the molecule is CC1CN(C(=O)COC(=O)C(C)Sc2ccc([N+](=O)[O-])cc2)CCO1. The first-order valence-electron chi connectivity index (χ1n) is 7.84. The van der Waals surface area contributed by atoms with Crippen LogP contribution in [0.2, 0.25) is 0 Å². The Morgan fingerprint density at radius 1 is 1.44 bits per heavy atom. The summed E-state index contributed by atoms with van der Waals surface area (Å²) >= 11 is 1.22. The van der Waals surface area contributed by atoms with Crippen molar-refractivity contribution in [3.8, 4) is 0 Å². The number of ether oxygens (including phenoxy) is 2. The third-order valence-electron chi connectivity index (χ3n) is 3.62. The average molecular weight is 368 g/mol. The topological polar surface area (TPSA) is 99.0 Å². The van der Waals surface area contributed by atoms with Gasteiger partial charge in [-0.1, -0.05) is 0 Å². The molecule has 2 atom stereocenters. The Kier molecular flexibility index (Phi) is 6.77. The van der Waals surface area contributed by atoms with E-state index in [0.29, 0.717) is 24.6 Å². The van der Waals surface area contributed by atoms with Crippen molar-refractivity contribution in [3.63, 3.8) is 0 Å². The van der Waals surface area contributed by atoms with Gasteiger partial charge in [-0.25, -0.2) is 0 Å². The molecule has 0 bridgehead atoms. The number of morpholine rings is 1. The Morgan fingerprint density at radius 3 is 2.72 bits per heavy atom. The zero-order valence-corrected chi connectivity index (χ0v) is 14.9. The molecule has 2 unspecified atom stereocenters. The Balaban J connectivity index is 1.79. The van der Waals surface area contributed by atoms with Gasteiger partial charge < -0.3 is 14.4 Å². The maximum Gasteiger partial charge on any atom is 0.319 e. The van der Waals surface area contributed by atoms with Crippen LogP contribution < -0.4 is 0 Å². The number of hydrogen-bond donors (Lipinski definition) is 0. The molecule has 8 nitrogen and oxygen atoms in total. The summed E-state index contributed by atoms with van der Waals surface area (Å²) in [5, 5.41) is 10.1. The molecule has 1 heterocycles. The molecule has 136 valence electrons. The van der Waals surface area contributed by atoms with Crippen molar-refractivity contribution in [3.05, 3.63) is 34.4 Å². The number of rotatable bonds is 6. The maximum atomic E-state index is 12.1. The first-order valence-corrected chi connectivity index (χ1v) is 8.72. The number of nitro groups is 1. The Bertz CT molecular complexity index is 636. The average Bonchev–Trinajstić information content (AvgIpc) is 2.59. The predicted octanol–water partition coefficient (Wildman–Crippen LogP) is 1.87. The van der Waals surface area contributed by atoms with Crippen LogP contribution in [-0.2, 0) is 19.1 Å². The van der Waals surface area contributed by atoms with Gasteiger partial charge in [0, 0.05) is 30.1 Å². The third kappa shape index (κ3) is 5.71. The maximum absolute atomic E-state index is 12.1. The zero-order chi connectivity index (χ0) is 18.4. The van der Waals surface area contributed by atoms with Crippen LogP contribution in [0.1, 0.15) is 13.8 Å². The molecule has 1 saturated heterocycles. The van der Waals surface area contributed by atoms with E-state index in [0.717, 1.165) is 0 Å². The lowest BCUT2D eigenvalue weighted by Gasteiger charge is -2.31. The first kappa shape index (κ1) is 19.2. The number of non-ortho nitro benzene ring substituents is 1. The van der Waals surface area contributed by atoms with Gasteiger partial charge in [0.2, 0.25) is 0 Å². The molecule has 1 aliphatic rings. The smallest absolute Gasteiger partial charge is 0.319 e. The van der Waals surface area contributed by atoms with E-state index in [-0.39, 0.29) is 24.3 Å². The number of carbonyl (C=O) groups excluding carboxylic acids is 2. The lowest BCUT2D eigenvalue weighted by Crippen LogP contribution is -2.46. The van der Waals surface area contributed by atoms with Gasteiger partial charge in [-0.15, -0.1) is 11.8 Å². The Labute approximate surface area is 149 Å². The van der Waals surface area contributed by atoms with E-state index in [1.54, 1.807) is 24.0 Å². The van der Waals surface area contributed by atoms with Crippen LogP contribution in [0.4, 0.5) is 5.69 Å². The molecule has 1 amide bonds. The van der Waals surface area contributed by atoms with Crippen molar-refractivity contribution < 1.29 is 24.0 Å². The molecule has 1 aliphatic heterocycles. The van der Waals surface area contributed by atoms with E-state index < -0.39 is 16.1 Å². The second-order valence-electron chi connectivity index (χ2n) is 5.64. The summed E-state index contributed by atoms with van der Waals surface area (Å²) in [5.74, 6) is -0.742. The Hall–Kier alpha value is -2.13. The number of benzene rings is 1. The number of esters is 1. The van der Waals surface area contributed by atoms with Gasteiger partial charge in [-0.2, -0.15) is 0 Å². The van der Waals surface area contributed by atoms with Gasteiger partial charge in [0.05, 0.1) is 17.6 Å². The van der Waals surface area contributed by atoms with Crippen molar-refractivity contribution in [1.29, 1.82) is 0 Å². The molecule has 0 aliphatic carbocycles. The zero-order valence-electron chi connectivity index (χ0n) is 14.0. The summed E-state index contributed by atoms with van der Waals surface area (Å²) in [5.41, 5.74) is -0.00934. The Morgan fingerprint density at radius 2 is 2.12 bits per heavy atom. The fourth-order valence-corrected chi connectivity index (χ4v) is 3.15. The highest BCUT2D eigenvalue weighted by Crippen LogP contribution is 2.26. The fourth-order valence-electron chi connectivity index (χ4n) is 2.29. The molecule has 25 heavy (non-hydrogen) atoms. The van der Waals surface area contributed by atoms with Gasteiger partial charge in [-0.3, -0.25) is 19.7 Å². The molecule has 0 N–H and O–H groups in total. The number of amides is 1. The van der Waals surface area contributed by atoms with Crippen LogP contribution in [0.15, 0.2) is 29.2 Å². The van der Waals surface area contributed by atoms with Crippen LogP contribution >= 0.6 is 11.8 Å². The molecule has 2 rings (SSSR count). The third-order valence-corrected chi connectivity index (χ3v) is 4.71. The van der Waals surface area contributed by atoms with Gasteiger partial charge >= 0.3 is 5.97 Å². The quantitative estimate of drug-likeness (QED) is 0.327. The van der Waals surface area contributed by atoms with Crippen molar-refractivity contribution in [2.45, 2.75) is 30.1 Å². The molecule has 1 fully saturated rings. The summed E-state index contributed by atoms with van der Waals surface area (Å²) in [4.78, 5) is 36.6. The second kappa shape index (κ2) is 8.82. The van der Waals surface area contributed by atoms with Crippen molar-refractivity contribution in [2.24, 2.45) is 0 Å². The van der Waals surface area contributed by atoms with Gasteiger partial charge in [-0.05, 0) is 26.0 Å². The molecular weight excluding hydrogens is 348 g/mol. The minimum absolute atomic E-state index is 0.00934. The van der Waals surface area contributed by atoms with Crippen LogP contribution in [0.5, 0.6) is 0 Å². The number of nitro benzene ring substituents is 1. The number of carbonyl (C=O) groups is 2. The van der Waals surface area contributed by atoms with E-state index in [1.807, 2.05) is 6.92 Å². The lowest BCUT2D eigenvalue weighted by atomic mass is 10.3. The van der Waals surface area contributed by atoms with E-state index in [1.165, 1.54) is 23.9 Å². The summed E-state index contributed by atoms with van der Waals surface area (Å²) in [6.45, 7) is 4.71. The highest BCUT2D eigenvalue weighted by Gasteiger charge is 2.23. The molecule has 9 heteroatoms. The molecule has 0 aromatic heterocycles. The highest BCUT2D eigenvalue weighted by atomic mass is 32.2. The highest BCUT2D eigenvalue weighted by molar-refractivity contribution is 8.00. The summed E-state index contributed by atoms with van der Waals surface area (Å²) in [7, 11) is 0. The van der Waals surface area contributed by atoms with E-state index >= 15 is 0 Å². The molecule has 0 spiro atoms.